The van der Waals surface area contributed by atoms with Crippen LogP contribution in [0.25, 0.3) is 0 Å². The lowest BCUT2D eigenvalue weighted by Gasteiger charge is -2.17. The summed E-state index contributed by atoms with van der Waals surface area (Å²) < 4.78 is 5.26. The Morgan fingerprint density at radius 3 is 2.64 bits per heavy atom. The molecule has 0 fully saturated rings. The van der Waals surface area contributed by atoms with Gasteiger partial charge in [0.2, 0.25) is 0 Å². The summed E-state index contributed by atoms with van der Waals surface area (Å²) in [5.74, 6) is 0. The van der Waals surface area contributed by atoms with Gasteiger partial charge in [0.25, 0.3) is 0 Å². The molecule has 1 heterocycles. The van der Waals surface area contributed by atoms with E-state index < -0.39 is 6.09 Å². The van der Waals surface area contributed by atoms with E-state index >= 15 is 0 Å². The maximum atomic E-state index is 11.8. The maximum absolute atomic E-state index is 11.8. The van der Waals surface area contributed by atoms with Crippen molar-refractivity contribution in [2.75, 3.05) is 5.32 Å². The quantitative estimate of drug-likeness (QED) is 0.829. The number of hydrogen-bond acceptors (Lipinski definition) is 4. The van der Waals surface area contributed by atoms with Crippen LogP contribution >= 0.6 is 11.8 Å². The second kappa shape index (κ2) is 7.31. The van der Waals surface area contributed by atoms with Crippen molar-refractivity contribution in [3.05, 3.63) is 54.2 Å². The average molecular weight is 316 g/mol. The Balaban J connectivity index is 1.90. The Morgan fingerprint density at radius 2 is 1.95 bits per heavy atom. The molecular formula is C17H20N2O2S. The SMILES string of the molecule is CC(C)(C)Sc1cc(NC(=O)OCc2ccccc2)ccn1. The van der Waals surface area contributed by atoms with Gasteiger partial charge >= 0.3 is 6.09 Å². The molecule has 0 saturated heterocycles. The number of anilines is 1. The standard InChI is InChI=1S/C17H20N2O2S/c1-17(2,3)22-15-11-14(9-10-18-15)19-16(20)21-12-13-7-5-4-6-8-13/h4-11H,12H2,1-3H3,(H,18,19,20). The zero-order valence-corrected chi connectivity index (χ0v) is 13.8. The van der Waals surface area contributed by atoms with Crippen molar-refractivity contribution in [2.45, 2.75) is 37.2 Å². The minimum atomic E-state index is -0.471. The van der Waals surface area contributed by atoms with Crippen molar-refractivity contribution >= 4 is 23.5 Å². The van der Waals surface area contributed by atoms with E-state index in [1.165, 1.54) is 0 Å². The normalized spacial score (nSPS) is 11.0. The lowest BCUT2D eigenvalue weighted by molar-refractivity contribution is 0.155. The lowest BCUT2D eigenvalue weighted by Crippen LogP contribution is -2.14. The summed E-state index contributed by atoms with van der Waals surface area (Å²) in [4.78, 5) is 16.1. The van der Waals surface area contributed by atoms with Crippen LogP contribution in [-0.4, -0.2) is 15.8 Å². The summed E-state index contributed by atoms with van der Waals surface area (Å²) in [6.45, 7) is 6.61. The average Bonchev–Trinajstić information content (AvgIpc) is 2.45. The third-order valence-corrected chi connectivity index (χ3v) is 3.65. The molecule has 0 saturated carbocycles. The minimum absolute atomic E-state index is 0.0689. The second-order valence-electron chi connectivity index (χ2n) is 5.78. The van der Waals surface area contributed by atoms with E-state index in [-0.39, 0.29) is 11.4 Å². The largest absolute Gasteiger partial charge is 0.444 e. The molecule has 0 atom stereocenters. The van der Waals surface area contributed by atoms with E-state index in [4.69, 9.17) is 4.74 Å². The zero-order valence-electron chi connectivity index (χ0n) is 13.0. The molecule has 5 heteroatoms. The molecule has 0 bridgehead atoms. The highest BCUT2D eigenvalue weighted by Crippen LogP contribution is 2.31. The van der Waals surface area contributed by atoms with E-state index in [0.717, 1.165) is 10.6 Å². The number of thioether (sulfide) groups is 1. The van der Waals surface area contributed by atoms with Gasteiger partial charge in [-0.1, -0.05) is 51.1 Å². The van der Waals surface area contributed by atoms with Crippen LogP contribution in [0, 0.1) is 0 Å². The Hall–Kier alpha value is -2.01. The number of nitrogens with one attached hydrogen (secondary N) is 1. The molecule has 0 aliphatic heterocycles. The molecule has 1 aromatic carbocycles. The molecule has 0 aliphatic carbocycles. The number of carbonyl (C=O) groups excluding carboxylic acids is 1. The molecule has 2 aromatic rings. The highest BCUT2D eigenvalue weighted by molar-refractivity contribution is 8.00. The predicted octanol–water partition coefficient (Wildman–Crippen LogP) is 4.72. The smallest absolute Gasteiger partial charge is 0.411 e. The monoisotopic (exact) mass is 316 g/mol. The van der Waals surface area contributed by atoms with Gasteiger partial charge in [0.05, 0.1) is 5.03 Å². The first-order chi connectivity index (χ1) is 10.4. The fourth-order valence-electron chi connectivity index (χ4n) is 1.73. The number of hydrogen-bond donors (Lipinski definition) is 1. The van der Waals surface area contributed by atoms with Crippen LogP contribution in [0.4, 0.5) is 10.5 Å². The fraction of sp³-hybridized carbons (Fsp3) is 0.294. The van der Waals surface area contributed by atoms with Crippen molar-refractivity contribution in [3.8, 4) is 0 Å². The van der Waals surface area contributed by atoms with Crippen LogP contribution < -0.4 is 5.32 Å². The van der Waals surface area contributed by atoms with Gasteiger partial charge in [-0.25, -0.2) is 9.78 Å². The first kappa shape index (κ1) is 16.4. The van der Waals surface area contributed by atoms with Crippen LogP contribution in [0.15, 0.2) is 53.7 Å². The van der Waals surface area contributed by atoms with E-state index in [9.17, 15) is 4.79 Å². The highest BCUT2D eigenvalue weighted by Gasteiger charge is 2.13. The summed E-state index contributed by atoms with van der Waals surface area (Å²) in [5, 5.41) is 3.59. The van der Waals surface area contributed by atoms with Gasteiger partial charge in [-0.05, 0) is 17.7 Å². The fourth-order valence-corrected chi connectivity index (χ4v) is 2.66. The summed E-state index contributed by atoms with van der Waals surface area (Å²) >= 11 is 1.65. The molecule has 1 amide bonds. The second-order valence-corrected chi connectivity index (χ2v) is 7.63. The number of benzene rings is 1. The third kappa shape index (κ3) is 5.77. The minimum Gasteiger partial charge on any atom is -0.444 e. The molecule has 1 aromatic heterocycles. The zero-order chi connectivity index (χ0) is 16.0. The first-order valence-electron chi connectivity index (χ1n) is 7.05. The molecule has 22 heavy (non-hydrogen) atoms. The number of ether oxygens (including phenoxy) is 1. The molecule has 0 aliphatic rings. The lowest BCUT2D eigenvalue weighted by atomic mass is 10.2. The molecule has 116 valence electrons. The van der Waals surface area contributed by atoms with Crippen LogP contribution in [-0.2, 0) is 11.3 Å². The van der Waals surface area contributed by atoms with Gasteiger partial charge in [0.15, 0.2) is 0 Å². The van der Waals surface area contributed by atoms with Crippen LogP contribution in [0.1, 0.15) is 26.3 Å². The number of amides is 1. The summed E-state index contributed by atoms with van der Waals surface area (Å²) in [5.41, 5.74) is 1.64. The predicted molar refractivity (Wildman–Crippen MR) is 90.1 cm³/mol. The van der Waals surface area contributed by atoms with Gasteiger partial charge in [0.1, 0.15) is 6.61 Å². The first-order valence-corrected chi connectivity index (χ1v) is 7.87. The van der Waals surface area contributed by atoms with Crippen LogP contribution in [0.3, 0.4) is 0 Å². The number of aromatic nitrogens is 1. The van der Waals surface area contributed by atoms with Crippen molar-refractivity contribution in [2.24, 2.45) is 0 Å². The van der Waals surface area contributed by atoms with Gasteiger partial charge < -0.3 is 4.74 Å². The van der Waals surface area contributed by atoms with Gasteiger partial charge in [-0.15, -0.1) is 11.8 Å². The van der Waals surface area contributed by atoms with Gasteiger partial charge in [-0.2, -0.15) is 0 Å². The number of rotatable bonds is 4. The Bertz CT molecular complexity index is 624. The molecular weight excluding hydrogens is 296 g/mol. The number of carbonyl (C=O) groups is 1. The molecule has 1 N–H and O–H groups in total. The molecule has 0 radical (unpaired) electrons. The van der Waals surface area contributed by atoms with E-state index in [2.05, 4.69) is 31.1 Å². The van der Waals surface area contributed by atoms with Crippen molar-refractivity contribution < 1.29 is 9.53 Å². The molecule has 0 spiro atoms. The topological polar surface area (TPSA) is 51.2 Å². The van der Waals surface area contributed by atoms with E-state index in [0.29, 0.717) is 5.69 Å². The number of nitrogens with zero attached hydrogens (tertiary/aromatic N) is 1. The Kier molecular flexibility index (Phi) is 5.44. The molecule has 0 unspecified atom stereocenters. The number of pyridine rings is 1. The highest BCUT2D eigenvalue weighted by atomic mass is 32.2. The van der Waals surface area contributed by atoms with E-state index in [1.807, 2.05) is 36.4 Å². The van der Waals surface area contributed by atoms with Crippen molar-refractivity contribution in [1.29, 1.82) is 0 Å². The maximum Gasteiger partial charge on any atom is 0.411 e. The van der Waals surface area contributed by atoms with E-state index in [1.54, 1.807) is 24.0 Å². The van der Waals surface area contributed by atoms with Gasteiger partial charge in [0, 0.05) is 16.6 Å². The molecule has 2 rings (SSSR count). The summed E-state index contributed by atoms with van der Waals surface area (Å²) in [6.07, 6.45) is 1.21. The Morgan fingerprint density at radius 1 is 1.23 bits per heavy atom. The third-order valence-electron chi connectivity index (χ3n) is 2.60. The van der Waals surface area contributed by atoms with Crippen LogP contribution in [0.2, 0.25) is 0 Å². The summed E-state index contributed by atoms with van der Waals surface area (Å²) in [7, 11) is 0. The van der Waals surface area contributed by atoms with Crippen molar-refractivity contribution in [1.82, 2.24) is 4.98 Å². The summed E-state index contributed by atoms with van der Waals surface area (Å²) in [6, 6.07) is 13.2. The van der Waals surface area contributed by atoms with Crippen LogP contribution in [0.5, 0.6) is 0 Å². The van der Waals surface area contributed by atoms with Gasteiger partial charge in [-0.3, -0.25) is 5.32 Å². The Labute approximate surface area is 135 Å². The molecule has 4 nitrogen and oxygen atoms in total. The van der Waals surface area contributed by atoms with Crippen molar-refractivity contribution in [3.63, 3.8) is 0 Å².